The second-order valence-corrected chi connectivity index (χ2v) is 5.35. The largest absolute Gasteiger partial charge is 0.313 e. The number of aryl methyl sites for hydroxylation is 1. The molecule has 0 aliphatic heterocycles. The molecule has 0 radical (unpaired) electrons. The monoisotopic (exact) mass is 273 g/mol. The summed E-state index contributed by atoms with van der Waals surface area (Å²) in [5, 5.41) is 3.21. The van der Waals surface area contributed by atoms with Crippen molar-refractivity contribution in [2.45, 2.75) is 24.8 Å². The molecule has 0 fully saturated rings. The second kappa shape index (κ2) is 6.17. The van der Waals surface area contributed by atoms with Crippen molar-refractivity contribution < 1.29 is 0 Å². The van der Waals surface area contributed by atoms with Crippen LogP contribution in [0.4, 0.5) is 0 Å². The Kier molecular flexibility index (Phi) is 4.56. The van der Waals surface area contributed by atoms with Crippen LogP contribution in [-0.2, 0) is 0 Å². The standard InChI is InChI=1S/C15H19N3S/c1-10(16-3)14-9-17-15(18-11(14)2)12-5-7-13(19-4)8-6-12/h5-10,16H,1-4H3. The van der Waals surface area contributed by atoms with Gasteiger partial charge in [-0.15, -0.1) is 11.8 Å². The Morgan fingerprint density at radius 3 is 2.42 bits per heavy atom. The van der Waals surface area contributed by atoms with Crippen LogP contribution in [0.5, 0.6) is 0 Å². The highest BCUT2D eigenvalue weighted by Crippen LogP contribution is 2.22. The van der Waals surface area contributed by atoms with Gasteiger partial charge in [-0.25, -0.2) is 9.97 Å². The zero-order chi connectivity index (χ0) is 13.8. The Balaban J connectivity index is 2.33. The van der Waals surface area contributed by atoms with Gasteiger partial charge in [0.15, 0.2) is 5.82 Å². The number of aromatic nitrogens is 2. The third-order valence-corrected chi connectivity index (χ3v) is 4.01. The van der Waals surface area contributed by atoms with Crippen LogP contribution < -0.4 is 5.32 Å². The summed E-state index contributed by atoms with van der Waals surface area (Å²) in [7, 11) is 1.94. The number of hydrogen-bond acceptors (Lipinski definition) is 4. The van der Waals surface area contributed by atoms with E-state index in [4.69, 9.17) is 0 Å². The molecule has 0 saturated heterocycles. The minimum Gasteiger partial charge on any atom is -0.313 e. The van der Waals surface area contributed by atoms with Gasteiger partial charge in [-0.05, 0) is 39.3 Å². The molecule has 0 aliphatic carbocycles. The van der Waals surface area contributed by atoms with Gasteiger partial charge in [-0.2, -0.15) is 0 Å². The molecule has 0 bridgehead atoms. The highest BCUT2D eigenvalue weighted by molar-refractivity contribution is 7.98. The average Bonchev–Trinajstić information content (AvgIpc) is 2.46. The van der Waals surface area contributed by atoms with Crippen molar-refractivity contribution in [3.63, 3.8) is 0 Å². The molecule has 0 saturated carbocycles. The van der Waals surface area contributed by atoms with Crippen molar-refractivity contribution in [1.82, 2.24) is 15.3 Å². The van der Waals surface area contributed by atoms with E-state index in [-0.39, 0.29) is 6.04 Å². The first kappa shape index (κ1) is 14.0. The van der Waals surface area contributed by atoms with Crippen molar-refractivity contribution in [2.75, 3.05) is 13.3 Å². The summed E-state index contributed by atoms with van der Waals surface area (Å²) < 4.78 is 0. The molecular weight excluding hydrogens is 254 g/mol. The predicted molar refractivity (Wildman–Crippen MR) is 81.5 cm³/mol. The lowest BCUT2D eigenvalue weighted by atomic mass is 10.1. The summed E-state index contributed by atoms with van der Waals surface area (Å²) in [5.41, 5.74) is 3.23. The molecule has 3 nitrogen and oxygen atoms in total. The molecule has 4 heteroatoms. The Morgan fingerprint density at radius 1 is 1.21 bits per heavy atom. The fourth-order valence-electron chi connectivity index (χ4n) is 1.94. The van der Waals surface area contributed by atoms with Crippen molar-refractivity contribution >= 4 is 11.8 Å². The Labute approximate surface area is 118 Å². The Morgan fingerprint density at radius 2 is 1.89 bits per heavy atom. The molecule has 1 unspecified atom stereocenters. The Hall–Kier alpha value is -1.39. The smallest absolute Gasteiger partial charge is 0.159 e. The zero-order valence-electron chi connectivity index (χ0n) is 11.8. The lowest BCUT2D eigenvalue weighted by Gasteiger charge is -2.13. The first-order chi connectivity index (χ1) is 9.15. The second-order valence-electron chi connectivity index (χ2n) is 4.47. The number of rotatable bonds is 4. The highest BCUT2D eigenvalue weighted by atomic mass is 32.2. The molecule has 1 heterocycles. The molecular formula is C15H19N3S. The number of nitrogens with zero attached hydrogens (tertiary/aromatic N) is 2. The quantitative estimate of drug-likeness (QED) is 0.866. The van der Waals surface area contributed by atoms with Crippen LogP contribution in [0, 0.1) is 6.92 Å². The summed E-state index contributed by atoms with van der Waals surface area (Å²) in [6.07, 6.45) is 3.99. The third-order valence-electron chi connectivity index (χ3n) is 3.27. The number of hydrogen-bond donors (Lipinski definition) is 1. The average molecular weight is 273 g/mol. The van der Waals surface area contributed by atoms with Crippen LogP contribution in [0.2, 0.25) is 0 Å². The van der Waals surface area contributed by atoms with Crippen molar-refractivity contribution in [1.29, 1.82) is 0 Å². The normalized spacial score (nSPS) is 12.4. The van der Waals surface area contributed by atoms with Gasteiger partial charge in [0.05, 0.1) is 0 Å². The van der Waals surface area contributed by atoms with Gasteiger partial charge in [0.25, 0.3) is 0 Å². The molecule has 0 aliphatic rings. The molecule has 1 aromatic carbocycles. The van der Waals surface area contributed by atoms with Crippen LogP contribution in [0.25, 0.3) is 11.4 Å². The Bertz CT molecular complexity index is 552. The lowest BCUT2D eigenvalue weighted by molar-refractivity contribution is 0.641. The summed E-state index contributed by atoms with van der Waals surface area (Å²) in [5.74, 6) is 0.789. The first-order valence-electron chi connectivity index (χ1n) is 6.31. The summed E-state index contributed by atoms with van der Waals surface area (Å²) in [4.78, 5) is 10.3. The van der Waals surface area contributed by atoms with Crippen LogP contribution in [-0.4, -0.2) is 23.3 Å². The van der Waals surface area contributed by atoms with Crippen molar-refractivity contribution in [3.05, 3.63) is 41.7 Å². The molecule has 1 atom stereocenters. The molecule has 0 spiro atoms. The molecule has 1 N–H and O–H groups in total. The van der Waals surface area contributed by atoms with Crippen LogP contribution >= 0.6 is 11.8 Å². The minimum atomic E-state index is 0.271. The summed E-state index contributed by atoms with van der Waals surface area (Å²) in [6, 6.07) is 8.61. The molecule has 100 valence electrons. The van der Waals surface area contributed by atoms with Crippen molar-refractivity contribution in [2.24, 2.45) is 0 Å². The number of nitrogens with one attached hydrogen (secondary N) is 1. The maximum absolute atomic E-state index is 4.61. The predicted octanol–water partition coefficient (Wildman–Crippen LogP) is 3.45. The molecule has 1 aromatic heterocycles. The van der Waals surface area contributed by atoms with E-state index in [1.54, 1.807) is 11.8 Å². The van der Waals surface area contributed by atoms with E-state index >= 15 is 0 Å². The van der Waals surface area contributed by atoms with Gasteiger partial charge in [-0.3, -0.25) is 0 Å². The van der Waals surface area contributed by atoms with Crippen molar-refractivity contribution in [3.8, 4) is 11.4 Å². The van der Waals surface area contributed by atoms with Gasteiger partial charge in [0.2, 0.25) is 0 Å². The van der Waals surface area contributed by atoms with E-state index in [9.17, 15) is 0 Å². The maximum atomic E-state index is 4.61. The van der Waals surface area contributed by atoms with E-state index in [1.807, 2.05) is 20.2 Å². The maximum Gasteiger partial charge on any atom is 0.159 e. The van der Waals surface area contributed by atoms with Gasteiger partial charge in [-0.1, -0.05) is 12.1 Å². The lowest BCUT2D eigenvalue weighted by Crippen LogP contribution is -2.14. The van der Waals surface area contributed by atoms with Crippen LogP contribution in [0.1, 0.15) is 24.2 Å². The number of benzene rings is 1. The number of thioether (sulfide) groups is 1. The summed E-state index contributed by atoms with van der Waals surface area (Å²) >= 11 is 1.74. The zero-order valence-corrected chi connectivity index (χ0v) is 12.6. The fourth-order valence-corrected chi connectivity index (χ4v) is 2.34. The third kappa shape index (κ3) is 3.14. The highest BCUT2D eigenvalue weighted by Gasteiger charge is 2.10. The SMILES string of the molecule is CNC(C)c1cnc(-c2ccc(SC)cc2)nc1C. The first-order valence-corrected chi connectivity index (χ1v) is 7.53. The topological polar surface area (TPSA) is 37.8 Å². The van der Waals surface area contributed by atoms with E-state index in [2.05, 4.69) is 52.7 Å². The molecule has 2 rings (SSSR count). The van der Waals surface area contributed by atoms with Gasteiger partial charge in [0.1, 0.15) is 0 Å². The van der Waals surface area contributed by atoms with Crippen LogP contribution in [0.15, 0.2) is 35.4 Å². The van der Waals surface area contributed by atoms with Crippen LogP contribution in [0.3, 0.4) is 0 Å². The van der Waals surface area contributed by atoms with Gasteiger partial charge >= 0.3 is 0 Å². The van der Waals surface area contributed by atoms with E-state index in [0.717, 1.165) is 22.6 Å². The summed E-state index contributed by atoms with van der Waals surface area (Å²) in [6.45, 7) is 4.14. The van der Waals surface area contributed by atoms with E-state index in [1.165, 1.54) is 4.90 Å². The van der Waals surface area contributed by atoms with Gasteiger partial charge in [0, 0.05) is 34.0 Å². The molecule has 19 heavy (non-hydrogen) atoms. The van der Waals surface area contributed by atoms with E-state index < -0.39 is 0 Å². The van der Waals surface area contributed by atoms with E-state index in [0.29, 0.717) is 0 Å². The van der Waals surface area contributed by atoms with Gasteiger partial charge < -0.3 is 5.32 Å². The molecule has 2 aromatic rings. The fraction of sp³-hybridized carbons (Fsp3) is 0.333. The molecule has 0 amide bonds. The minimum absolute atomic E-state index is 0.271.